The molecule has 0 atom stereocenters. The minimum absolute atomic E-state index is 0.0531. The Morgan fingerprint density at radius 3 is 1.38 bits per heavy atom. The average molecular weight is 763 g/mol. The molecule has 0 unspecified atom stereocenters. The third-order valence-electron chi connectivity index (χ3n) is 7.75. The van der Waals surface area contributed by atoms with Crippen LogP contribution in [0, 0.1) is 0 Å². The van der Waals surface area contributed by atoms with Gasteiger partial charge in [0.2, 0.25) is 0 Å². The Balaban J connectivity index is 1.35. The van der Waals surface area contributed by atoms with Crippen molar-refractivity contribution < 1.29 is 41.4 Å². The van der Waals surface area contributed by atoms with Crippen LogP contribution in [0.1, 0.15) is 51.8 Å². The second-order valence-corrected chi connectivity index (χ2v) is 13.4. The molecule has 0 aliphatic rings. The number of carbonyl (C=O) groups is 6. The highest BCUT2D eigenvalue weighted by atomic mass is 32.2. The number of ketones is 3. The topological polar surface area (TPSA) is 218 Å². The number of Topliss-reactive ketones (excluding diaryl/α,β-unsaturated/α-hetero) is 3. The van der Waals surface area contributed by atoms with Crippen molar-refractivity contribution in [3.05, 3.63) is 132 Å². The van der Waals surface area contributed by atoms with Gasteiger partial charge in [0.25, 0.3) is 0 Å². The van der Waals surface area contributed by atoms with Gasteiger partial charge in [-0.05, 0) is 106 Å². The van der Waals surface area contributed by atoms with E-state index in [0.717, 1.165) is 6.07 Å². The quantitative estimate of drug-likeness (QED) is 0.0535. The minimum atomic E-state index is -4.60. The van der Waals surface area contributed by atoms with Gasteiger partial charge in [-0.3, -0.25) is 14.4 Å². The normalized spacial score (nSPS) is 10.7. The van der Waals surface area contributed by atoms with E-state index in [4.69, 9.17) is 4.18 Å². The molecule has 280 valence electrons. The maximum Gasteiger partial charge on any atom is 0.339 e. The molecule has 0 fully saturated rings. The molecular formula is C39H34N6O9S. The first-order valence-electron chi connectivity index (χ1n) is 16.4. The fourth-order valence-corrected chi connectivity index (χ4v) is 6.02. The van der Waals surface area contributed by atoms with Gasteiger partial charge in [0.1, 0.15) is 4.90 Å². The fraction of sp³-hybridized carbons (Fsp3) is 0.0769. The number of carbonyl (C=O) groups excluding carboxylic acids is 6. The summed E-state index contributed by atoms with van der Waals surface area (Å²) in [7, 11) is -4.60. The lowest BCUT2D eigenvalue weighted by atomic mass is 10.1. The van der Waals surface area contributed by atoms with Crippen molar-refractivity contribution >= 4 is 79.7 Å². The van der Waals surface area contributed by atoms with Gasteiger partial charge in [-0.15, -0.1) is 0 Å². The summed E-state index contributed by atoms with van der Waals surface area (Å²) in [6, 6.07) is 25.5. The number of nitrogens with one attached hydrogen (secondary N) is 6. The Morgan fingerprint density at radius 2 is 0.873 bits per heavy atom. The molecule has 0 saturated heterocycles. The van der Waals surface area contributed by atoms with Crippen LogP contribution in [0.25, 0.3) is 0 Å². The van der Waals surface area contributed by atoms with Crippen LogP contribution in [0.2, 0.25) is 0 Å². The van der Waals surface area contributed by atoms with Crippen LogP contribution in [0.5, 0.6) is 5.75 Å². The molecule has 6 N–H and O–H groups in total. The molecule has 0 bridgehead atoms. The van der Waals surface area contributed by atoms with Crippen LogP contribution in [0.15, 0.2) is 120 Å². The van der Waals surface area contributed by atoms with Crippen LogP contribution < -0.4 is 36.1 Å². The Hall–Kier alpha value is -7.33. The highest BCUT2D eigenvalue weighted by Crippen LogP contribution is 2.32. The Kier molecular flexibility index (Phi) is 12.0. The number of hydrogen-bond donors (Lipinski definition) is 6. The second-order valence-electron chi connectivity index (χ2n) is 11.8. The van der Waals surface area contributed by atoms with Crippen molar-refractivity contribution in [2.45, 2.75) is 25.7 Å². The van der Waals surface area contributed by atoms with Gasteiger partial charge < -0.3 is 36.1 Å². The first-order valence-corrected chi connectivity index (χ1v) is 17.8. The highest BCUT2D eigenvalue weighted by molar-refractivity contribution is 7.87. The van der Waals surface area contributed by atoms with Crippen LogP contribution in [0.4, 0.5) is 48.5 Å². The van der Waals surface area contributed by atoms with Gasteiger partial charge >= 0.3 is 28.2 Å². The molecule has 5 aromatic rings. The molecule has 0 heterocycles. The Morgan fingerprint density at radius 1 is 0.455 bits per heavy atom. The molecule has 5 aromatic carbocycles. The van der Waals surface area contributed by atoms with E-state index in [2.05, 4.69) is 31.9 Å². The zero-order chi connectivity index (χ0) is 39.7. The zero-order valence-electron chi connectivity index (χ0n) is 29.6. The van der Waals surface area contributed by atoms with Gasteiger partial charge in [0.05, 0.1) is 17.1 Å². The summed E-state index contributed by atoms with van der Waals surface area (Å²) in [5, 5.41) is 15.4. The Labute approximate surface area is 315 Å². The van der Waals surface area contributed by atoms with Crippen molar-refractivity contribution in [1.82, 2.24) is 0 Å². The number of anilines is 6. The maximum absolute atomic E-state index is 13.5. The lowest BCUT2D eigenvalue weighted by molar-refractivity contribution is 0.100. The summed E-state index contributed by atoms with van der Waals surface area (Å²) >= 11 is 0. The predicted octanol–water partition coefficient (Wildman–Crippen LogP) is 7.99. The molecule has 6 amide bonds. The molecule has 5 rings (SSSR count). The van der Waals surface area contributed by atoms with E-state index in [1.54, 1.807) is 54.6 Å². The van der Waals surface area contributed by atoms with Gasteiger partial charge in [-0.25, -0.2) is 14.4 Å². The molecule has 0 saturated carbocycles. The van der Waals surface area contributed by atoms with Crippen molar-refractivity contribution in [2.24, 2.45) is 0 Å². The van der Waals surface area contributed by atoms with E-state index >= 15 is 0 Å². The number of hydrogen-bond acceptors (Lipinski definition) is 9. The molecule has 0 spiro atoms. The molecule has 16 heteroatoms. The molecule has 0 radical (unpaired) electrons. The maximum atomic E-state index is 13.5. The summed E-state index contributed by atoms with van der Waals surface area (Å²) in [5.74, 6) is -1.09. The molecule has 55 heavy (non-hydrogen) atoms. The Bertz CT molecular complexity index is 2420. The van der Waals surface area contributed by atoms with Crippen molar-refractivity contribution in [2.75, 3.05) is 31.9 Å². The van der Waals surface area contributed by atoms with Gasteiger partial charge in [0.15, 0.2) is 23.1 Å². The van der Waals surface area contributed by atoms with E-state index in [9.17, 15) is 37.2 Å². The standard InChI is InChI=1S/C39H34N6O9S/c1-23(46)26-12-14-27(15-13-26)40-37(49)41-28-16-19-30(20-17-28)55(52,53)54-36-22-29(42-38(50)43-33-10-6-4-8-31(33)24(2)47)18-21-35(36)45-39(51)44-34-11-7-5-9-32(34)25(3)48/h4-22H,1-3H3,(H2,40,41,49)(H2,42,43,50)(H2,44,45,51). The van der Waals surface area contributed by atoms with E-state index in [-0.39, 0.29) is 61.8 Å². The molecule has 15 nitrogen and oxygen atoms in total. The van der Waals surface area contributed by atoms with E-state index < -0.39 is 34.0 Å². The van der Waals surface area contributed by atoms with Crippen LogP contribution >= 0.6 is 0 Å². The smallest absolute Gasteiger partial charge is 0.339 e. The number of urea groups is 3. The largest absolute Gasteiger partial charge is 0.377 e. The number of benzene rings is 5. The fourth-order valence-electron chi connectivity index (χ4n) is 5.08. The molecule has 0 aromatic heterocycles. The van der Waals surface area contributed by atoms with Crippen LogP contribution in [0.3, 0.4) is 0 Å². The van der Waals surface area contributed by atoms with Crippen molar-refractivity contribution in [1.29, 1.82) is 0 Å². The minimum Gasteiger partial charge on any atom is -0.377 e. The molecule has 0 aliphatic carbocycles. The highest BCUT2D eigenvalue weighted by Gasteiger charge is 2.22. The van der Waals surface area contributed by atoms with E-state index in [1.807, 2.05) is 0 Å². The van der Waals surface area contributed by atoms with Crippen molar-refractivity contribution in [3.63, 3.8) is 0 Å². The van der Waals surface area contributed by atoms with Gasteiger partial charge in [0, 0.05) is 39.8 Å². The monoisotopic (exact) mass is 762 g/mol. The summed E-state index contributed by atoms with van der Waals surface area (Å²) < 4.78 is 32.6. The third-order valence-corrected chi connectivity index (χ3v) is 8.99. The van der Waals surface area contributed by atoms with E-state index in [0.29, 0.717) is 11.3 Å². The number of amides is 6. The SMILES string of the molecule is CC(=O)c1ccc(NC(=O)Nc2ccc(S(=O)(=O)Oc3cc(NC(=O)Nc4ccccc4C(C)=O)ccc3NC(=O)Nc3ccccc3C(C)=O)cc2)cc1. The number of rotatable bonds is 12. The zero-order valence-corrected chi connectivity index (χ0v) is 30.4. The van der Waals surface area contributed by atoms with Crippen LogP contribution in [-0.2, 0) is 10.1 Å². The predicted molar refractivity (Wildman–Crippen MR) is 208 cm³/mol. The lowest BCUT2D eigenvalue weighted by Gasteiger charge is -2.16. The van der Waals surface area contributed by atoms with Gasteiger partial charge in [-0.2, -0.15) is 8.42 Å². The summed E-state index contributed by atoms with van der Waals surface area (Å²) in [5.41, 5.74) is 2.03. The van der Waals surface area contributed by atoms with Gasteiger partial charge in [-0.1, -0.05) is 24.3 Å². The lowest BCUT2D eigenvalue weighted by Crippen LogP contribution is -2.23. The van der Waals surface area contributed by atoms with Crippen molar-refractivity contribution in [3.8, 4) is 5.75 Å². The third kappa shape index (κ3) is 10.4. The summed E-state index contributed by atoms with van der Waals surface area (Å²) in [6.07, 6.45) is 0. The second kappa shape index (κ2) is 17.0. The first kappa shape index (κ1) is 38.9. The number of para-hydroxylation sites is 2. The average Bonchev–Trinajstić information content (AvgIpc) is 3.13. The molecular weight excluding hydrogens is 729 g/mol. The van der Waals surface area contributed by atoms with Crippen LogP contribution in [-0.4, -0.2) is 43.9 Å². The van der Waals surface area contributed by atoms with E-state index in [1.165, 1.54) is 75.4 Å². The molecule has 0 aliphatic heterocycles. The summed E-state index contributed by atoms with van der Waals surface area (Å²) in [4.78, 5) is 73.8. The summed E-state index contributed by atoms with van der Waals surface area (Å²) in [6.45, 7) is 4.11. The first-order chi connectivity index (χ1) is 26.2.